The zero-order valence-electron chi connectivity index (χ0n) is 18.0. The standard InChI is InChI=1S/C24H26N2O4S/c1-17-11-12-21(14-18(17)2)26(19(3)27)24-25-20(16-31-24)15-30-23(28)10-7-13-29-22-8-5-4-6-9-22/h4-6,8-9,11-12,14,16H,7,10,13,15H2,1-3H3. The van der Waals surface area contributed by atoms with Crippen LogP contribution >= 0.6 is 11.3 Å². The highest BCUT2D eigenvalue weighted by atomic mass is 32.1. The minimum Gasteiger partial charge on any atom is -0.494 e. The molecule has 0 unspecified atom stereocenters. The molecule has 1 aromatic heterocycles. The van der Waals surface area contributed by atoms with Gasteiger partial charge in [0.25, 0.3) is 0 Å². The number of nitrogens with zero attached hydrogens (tertiary/aromatic N) is 2. The SMILES string of the molecule is CC(=O)N(c1ccc(C)c(C)c1)c1nc(COC(=O)CCCOc2ccccc2)cs1. The Bertz CT molecular complexity index is 1030. The summed E-state index contributed by atoms with van der Waals surface area (Å²) in [6.07, 6.45) is 0.840. The lowest BCUT2D eigenvalue weighted by atomic mass is 10.1. The molecule has 0 saturated heterocycles. The molecular weight excluding hydrogens is 412 g/mol. The van der Waals surface area contributed by atoms with Crippen LogP contribution in [0, 0.1) is 13.8 Å². The summed E-state index contributed by atoms with van der Waals surface area (Å²) in [5.74, 6) is 0.355. The normalized spacial score (nSPS) is 10.5. The topological polar surface area (TPSA) is 68.7 Å². The van der Waals surface area contributed by atoms with Gasteiger partial charge in [-0.1, -0.05) is 24.3 Å². The molecule has 162 valence electrons. The van der Waals surface area contributed by atoms with Crippen LogP contribution in [0.3, 0.4) is 0 Å². The van der Waals surface area contributed by atoms with Crippen LogP contribution in [-0.2, 0) is 20.9 Å². The summed E-state index contributed by atoms with van der Waals surface area (Å²) in [5, 5.41) is 2.36. The van der Waals surface area contributed by atoms with Crippen molar-refractivity contribution in [2.45, 2.75) is 40.2 Å². The van der Waals surface area contributed by atoms with E-state index in [9.17, 15) is 9.59 Å². The number of carbonyl (C=O) groups is 2. The van der Waals surface area contributed by atoms with E-state index in [1.165, 1.54) is 18.3 Å². The molecule has 7 heteroatoms. The van der Waals surface area contributed by atoms with Crippen LogP contribution in [0.25, 0.3) is 0 Å². The van der Waals surface area contributed by atoms with Crippen molar-refractivity contribution >= 4 is 34.0 Å². The summed E-state index contributed by atoms with van der Waals surface area (Å²) in [7, 11) is 0. The minimum absolute atomic E-state index is 0.0769. The number of anilines is 2. The van der Waals surface area contributed by atoms with Crippen LogP contribution < -0.4 is 9.64 Å². The quantitative estimate of drug-likeness (QED) is 0.333. The number of hydrogen-bond acceptors (Lipinski definition) is 6. The Morgan fingerprint density at radius 1 is 1.06 bits per heavy atom. The Morgan fingerprint density at radius 3 is 2.55 bits per heavy atom. The van der Waals surface area contributed by atoms with Gasteiger partial charge >= 0.3 is 5.97 Å². The lowest BCUT2D eigenvalue weighted by molar-refractivity contribution is -0.145. The number of rotatable bonds is 9. The first-order valence-corrected chi connectivity index (χ1v) is 11.0. The third-order valence-electron chi connectivity index (χ3n) is 4.71. The van der Waals surface area contributed by atoms with Gasteiger partial charge in [0, 0.05) is 18.7 Å². The number of amides is 1. The van der Waals surface area contributed by atoms with Gasteiger partial charge < -0.3 is 9.47 Å². The first-order valence-electron chi connectivity index (χ1n) is 10.1. The van der Waals surface area contributed by atoms with Gasteiger partial charge in [-0.15, -0.1) is 11.3 Å². The minimum atomic E-state index is -0.302. The molecule has 6 nitrogen and oxygen atoms in total. The Morgan fingerprint density at radius 2 is 1.84 bits per heavy atom. The van der Waals surface area contributed by atoms with Gasteiger partial charge in [-0.2, -0.15) is 0 Å². The third-order valence-corrected chi connectivity index (χ3v) is 5.59. The number of carbonyl (C=O) groups excluding carboxylic acids is 2. The number of aryl methyl sites for hydroxylation is 2. The first kappa shape index (κ1) is 22.5. The molecular formula is C24H26N2O4S. The highest BCUT2D eigenvalue weighted by Crippen LogP contribution is 2.30. The van der Waals surface area contributed by atoms with Crippen LogP contribution in [0.5, 0.6) is 5.75 Å². The zero-order chi connectivity index (χ0) is 22.2. The van der Waals surface area contributed by atoms with Gasteiger partial charge in [0.1, 0.15) is 12.4 Å². The largest absolute Gasteiger partial charge is 0.494 e. The number of benzene rings is 2. The smallest absolute Gasteiger partial charge is 0.306 e. The second kappa shape index (κ2) is 10.7. The van der Waals surface area contributed by atoms with E-state index in [0.29, 0.717) is 23.9 Å². The van der Waals surface area contributed by atoms with Crippen molar-refractivity contribution < 1.29 is 19.1 Å². The molecule has 0 atom stereocenters. The Labute approximate surface area is 186 Å². The highest BCUT2D eigenvalue weighted by molar-refractivity contribution is 7.14. The fraction of sp³-hybridized carbons (Fsp3) is 0.292. The van der Waals surface area contributed by atoms with Crippen LogP contribution in [0.4, 0.5) is 10.8 Å². The van der Waals surface area contributed by atoms with Gasteiger partial charge in [-0.05, 0) is 55.7 Å². The maximum absolute atomic E-state index is 12.3. The van der Waals surface area contributed by atoms with Crippen molar-refractivity contribution in [2.24, 2.45) is 0 Å². The van der Waals surface area contributed by atoms with E-state index >= 15 is 0 Å². The molecule has 3 rings (SSSR count). The molecule has 0 bridgehead atoms. The fourth-order valence-electron chi connectivity index (χ4n) is 2.91. The number of ether oxygens (including phenoxy) is 2. The maximum atomic E-state index is 12.3. The number of hydrogen-bond donors (Lipinski definition) is 0. The summed E-state index contributed by atoms with van der Waals surface area (Å²) < 4.78 is 10.9. The molecule has 0 aliphatic heterocycles. The number of para-hydroxylation sites is 1. The predicted octanol–water partition coefficient (Wildman–Crippen LogP) is 5.35. The van der Waals surface area contributed by atoms with Crippen molar-refractivity contribution in [3.63, 3.8) is 0 Å². The molecule has 3 aromatic rings. The lowest BCUT2D eigenvalue weighted by Crippen LogP contribution is -2.22. The summed E-state index contributed by atoms with van der Waals surface area (Å²) in [6, 6.07) is 15.3. The number of esters is 1. The molecule has 1 heterocycles. The van der Waals surface area contributed by atoms with Crippen LogP contribution in [0.2, 0.25) is 0 Å². The second-order valence-electron chi connectivity index (χ2n) is 7.17. The van der Waals surface area contributed by atoms with E-state index in [4.69, 9.17) is 9.47 Å². The molecule has 0 aliphatic carbocycles. The van der Waals surface area contributed by atoms with E-state index in [2.05, 4.69) is 4.98 Å². The molecule has 0 radical (unpaired) electrons. The van der Waals surface area contributed by atoms with Gasteiger partial charge in [0.05, 0.1) is 18.0 Å². The third kappa shape index (κ3) is 6.39. The molecule has 31 heavy (non-hydrogen) atoms. The molecule has 1 amide bonds. The van der Waals surface area contributed by atoms with E-state index in [-0.39, 0.29) is 24.9 Å². The van der Waals surface area contributed by atoms with E-state index < -0.39 is 0 Å². The Kier molecular flexibility index (Phi) is 7.78. The summed E-state index contributed by atoms with van der Waals surface area (Å²) in [6.45, 7) is 6.07. The molecule has 0 spiro atoms. The highest BCUT2D eigenvalue weighted by Gasteiger charge is 2.19. The first-order chi connectivity index (χ1) is 14.9. The van der Waals surface area contributed by atoms with Crippen molar-refractivity contribution in [3.8, 4) is 5.75 Å². The average Bonchev–Trinajstić information content (AvgIpc) is 3.21. The molecule has 0 aliphatic rings. The van der Waals surface area contributed by atoms with Gasteiger partial charge in [0.15, 0.2) is 5.13 Å². The van der Waals surface area contributed by atoms with Gasteiger partial charge in [-0.3, -0.25) is 14.5 Å². The van der Waals surface area contributed by atoms with Crippen LogP contribution in [-0.4, -0.2) is 23.5 Å². The van der Waals surface area contributed by atoms with Crippen molar-refractivity contribution in [1.29, 1.82) is 0 Å². The summed E-state index contributed by atoms with van der Waals surface area (Å²) >= 11 is 1.34. The van der Waals surface area contributed by atoms with E-state index in [1.807, 2.05) is 62.4 Å². The van der Waals surface area contributed by atoms with Crippen molar-refractivity contribution in [2.75, 3.05) is 11.5 Å². The second-order valence-corrected chi connectivity index (χ2v) is 8.01. The zero-order valence-corrected chi connectivity index (χ0v) is 18.8. The molecule has 0 N–H and O–H groups in total. The Hall–Kier alpha value is -3.19. The Balaban J connectivity index is 1.50. The van der Waals surface area contributed by atoms with E-state index in [1.54, 1.807) is 10.3 Å². The fourth-order valence-corrected chi connectivity index (χ4v) is 3.78. The monoisotopic (exact) mass is 438 g/mol. The predicted molar refractivity (Wildman–Crippen MR) is 122 cm³/mol. The molecule has 2 aromatic carbocycles. The number of aromatic nitrogens is 1. The molecule has 0 saturated carbocycles. The average molecular weight is 439 g/mol. The summed E-state index contributed by atoms with van der Waals surface area (Å²) in [5.41, 5.74) is 3.65. The maximum Gasteiger partial charge on any atom is 0.306 e. The van der Waals surface area contributed by atoms with Gasteiger partial charge in [0.2, 0.25) is 5.91 Å². The van der Waals surface area contributed by atoms with Gasteiger partial charge in [-0.25, -0.2) is 4.98 Å². The van der Waals surface area contributed by atoms with Crippen LogP contribution in [0.15, 0.2) is 53.9 Å². The van der Waals surface area contributed by atoms with Crippen molar-refractivity contribution in [1.82, 2.24) is 4.98 Å². The van der Waals surface area contributed by atoms with Crippen molar-refractivity contribution in [3.05, 3.63) is 70.7 Å². The van der Waals surface area contributed by atoms with Crippen LogP contribution in [0.1, 0.15) is 36.6 Å². The molecule has 0 fully saturated rings. The lowest BCUT2D eigenvalue weighted by Gasteiger charge is -2.19. The summed E-state index contributed by atoms with van der Waals surface area (Å²) in [4.78, 5) is 30.3. The van der Waals surface area contributed by atoms with E-state index in [0.717, 1.165) is 22.6 Å². The number of thiazole rings is 1.